The summed E-state index contributed by atoms with van der Waals surface area (Å²) in [6.07, 6.45) is 3.03. The zero-order valence-electron chi connectivity index (χ0n) is 11.1. The fourth-order valence-electron chi connectivity index (χ4n) is 1.74. The van der Waals surface area contributed by atoms with Crippen molar-refractivity contribution in [1.29, 1.82) is 0 Å². The molecule has 5 heteroatoms. The lowest BCUT2D eigenvalue weighted by Crippen LogP contribution is -2.08. The largest absolute Gasteiger partial charge is 0.489 e. The molecule has 0 N–H and O–H groups in total. The summed E-state index contributed by atoms with van der Waals surface area (Å²) in [7, 11) is 0. The molecule has 2 rings (SSSR count). The molecule has 0 aliphatic rings. The molecule has 0 unspecified atom stereocenters. The molecule has 0 atom stereocenters. The van der Waals surface area contributed by atoms with E-state index in [2.05, 4.69) is 4.98 Å². The second kappa shape index (κ2) is 6.25. The SMILES string of the molecule is CC(C)Oc1cncc(C(=O)c2c(Cl)cccc2Cl)c1. The van der Waals surface area contributed by atoms with Crippen molar-refractivity contribution in [1.82, 2.24) is 4.98 Å². The predicted molar refractivity (Wildman–Crippen MR) is 79.9 cm³/mol. The standard InChI is InChI=1S/C15H13Cl2NO2/c1-9(2)20-11-6-10(7-18-8-11)15(19)14-12(16)4-3-5-13(14)17/h3-9H,1-2H3. The second-order valence-corrected chi connectivity index (χ2v) is 5.32. The summed E-state index contributed by atoms with van der Waals surface area (Å²) in [5.41, 5.74) is 0.664. The van der Waals surface area contributed by atoms with Crippen molar-refractivity contribution in [3.63, 3.8) is 0 Å². The molecule has 0 spiro atoms. The van der Waals surface area contributed by atoms with Crippen LogP contribution in [0, 0.1) is 0 Å². The highest BCUT2D eigenvalue weighted by Crippen LogP contribution is 2.27. The third kappa shape index (κ3) is 3.30. The summed E-state index contributed by atoms with van der Waals surface area (Å²) < 4.78 is 5.52. The van der Waals surface area contributed by atoms with Gasteiger partial charge in [-0.05, 0) is 32.0 Å². The number of ketones is 1. The summed E-state index contributed by atoms with van der Waals surface area (Å²) in [6.45, 7) is 3.80. The minimum absolute atomic E-state index is 0.00560. The van der Waals surface area contributed by atoms with Gasteiger partial charge in [-0.25, -0.2) is 0 Å². The third-order valence-corrected chi connectivity index (χ3v) is 3.17. The van der Waals surface area contributed by atoms with Gasteiger partial charge in [0.15, 0.2) is 5.78 Å². The molecular formula is C15H13Cl2NO2. The molecule has 0 radical (unpaired) electrons. The number of hydrogen-bond acceptors (Lipinski definition) is 3. The number of hydrogen-bond donors (Lipinski definition) is 0. The molecule has 2 aromatic rings. The van der Waals surface area contributed by atoms with Gasteiger partial charge in [0, 0.05) is 11.8 Å². The number of ether oxygens (including phenoxy) is 1. The maximum absolute atomic E-state index is 12.5. The lowest BCUT2D eigenvalue weighted by atomic mass is 10.0. The topological polar surface area (TPSA) is 39.2 Å². The first-order chi connectivity index (χ1) is 9.49. The van der Waals surface area contributed by atoms with Gasteiger partial charge in [0.2, 0.25) is 0 Å². The first-order valence-corrected chi connectivity index (χ1v) is 6.85. The van der Waals surface area contributed by atoms with Crippen LogP contribution in [0.3, 0.4) is 0 Å². The molecule has 0 saturated carbocycles. The number of carbonyl (C=O) groups excluding carboxylic acids is 1. The van der Waals surface area contributed by atoms with Crippen LogP contribution in [0.2, 0.25) is 10.0 Å². The van der Waals surface area contributed by atoms with Crippen LogP contribution >= 0.6 is 23.2 Å². The molecule has 0 fully saturated rings. The van der Waals surface area contributed by atoms with E-state index in [1.54, 1.807) is 30.5 Å². The maximum atomic E-state index is 12.5. The summed E-state index contributed by atoms with van der Waals surface area (Å²) in [4.78, 5) is 16.5. The highest BCUT2D eigenvalue weighted by Gasteiger charge is 2.17. The molecule has 1 aromatic heterocycles. The summed E-state index contributed by atoms with van der Waals surface area (Å²) in [5, 5.41) is 0.635. The van der Waals surface area contributed by atoms with E-state index < -0.39 is 0 Å². The van der Waals surface area contributed by atoms with Crippen LogP contribution in [0.25, 0.3) is 0 Å². The van der Waals surface area contributed by atoms with E-state index >= 15 is 0 Å². The molecule has 104 valence electrons. The zero-order valence-corrected chi connectivity index (χ0v) is 12.6. The van der Waals surface area contributed by atoms with Crippen molar-refractivity contribution in [3.05, 3.63) is 57.8 Å². The number of pyridine rings is 1. The summed E-state index contributed by atoms with van der Waals surface area (Å²) in [5.74, 6) is 0.260. The molecule has 0 bridgehead atoms. The average molecular weight is 310 g/mol. The maximum Gasteiger partial charge on any atom is 0.197 e. The molecule has 0 aliphatic heterocycles. The van der Waals surface area contributed by atoms with Crippen LogP contribution < -0.4 is 4.74 Å². The molecule has 0 amide bonds. The summed E-state index contributed by atoms with van der Waals surface area (Å²) in [6, 6.07) is 6.58. The van der Waals surface area contributed by atoms with E-state index in [1.165, 1.54) is 6.20 Å². The fraction of sp³-hybridized carbons (Fsp3) is 0.200. The Morgan fingerprint density at radius 1 is 1.20 bits per heavy atom. The smallest absolute Gasteiger partial charge is 0.197 e. The van der Waals surface area contributed by atoms with Crippen molar-refractivity contribution >= 4 is 29.0 Å². The Balaban J connectivity index is 2.39. The van der Waals surface area contributed by atoms with Gasteiger partial charge in [-0.15, -0.1) is 0 Å². The van der Waals surface area contributed by atoms with Crippen molar-refractivity contribution < 1.29 is 9.53 Å². The van der Waals surface area contributed by atoms with E-state index in [0.29, 0.717) is 21.4 Å². The number of aromatic nitrogens is 1. The van der Waals surface area contributed by atoms with E-state index in [4.69, 9.17) is 27.9 Å². The van der Waals surface area contributed by atoms with Gasteiger partial charge >= 0.3 is 0 Å². The molecule has 0 aliphatic carbocycles. The fourth-order valence-corrected chi connectivity index (χ4v) is 2.31. The van der Waals surface area contributed by atoms with E-state index in [1.807, 2.05) is 13.8 Å². The van der Waals surface area contributed by atoms with Crippen LogP contribution in [0.1, 0.15) is 29.8 Å². The Morgan fingerprint density at radius 2 is 1.85 bits per heavy atom. The Hall–Kier alpha value is -1.58. The highest BCUT2D eigenvalue weighted by atomic mass is 35.5. The van der Waals surface area contributed by atoms with E-state index in [0.717, 1.165) is 0 Å². The highest BCUT2D eigenvalue weighted by molar-refractivity contribution is 6.41. The Kier molecular flexibility index (Phi) is 4.63. The molecular weight excluding hydrogens is 297 g/mol. The van der Waals surface area contributed by atoms with Gasteiger partial charge < -0.3 is 4.74 Å². The third-order valence-electron chi connectivity index (χ3n) is 2.54. The monoisotopic (exact) mass is 309 g/mol. The van der Waals surface area contributed by atoms with Crippen LogP contribution in [0.15, 0.2) is 36.7 Å². The summed E-state index contributed by atoms with van der Waals surface area (Å²) >= 11 is 12.1. The molecule has 0 saturated heterocycles. The van der Waals surface area contributed by atoms with Crippen molar-refractivity contribution in [2.45, 2.75) is 20.0 Å². The minimum Gasteiger partial charge on any atom is -0.489 e. The number of halogens is 2. The average Bonchev–Trinajstić information content (AvgIpc) is 2.38. The number of nitrogens with zero attached hydrogens (tertiary/aromatic N) is 1. The molecule has 3 nitrogen and oxygen atoms in total. The zero-order chi connectivity index (χ0) is 14.7. The van der Waals surface area contributed by atoms with Gasteiger partial charge in [-0.2, -0.15) is 0 Å². The number of carbonyl (C=O) groups is 1. The van der Waals surface area contributed by atoms with Crippen molar-refractivity contribution in [3.8, 4) is 5.75 Å². The lowest BCUT2D eigenvalue weighted by Gasteiger charge is -2.10. The Morgan fingerprint density at radius 3 is 2.45 bits per heavy atom. The Bertz CT molecular complexity index is 621. The molecule has 1 heterocycles. The first-order valence-electron chi connectivity index (χ1n) is 6.09. The molecule has 20 heavy (non-hydrogen) atoms. The van der Waals surface area contributed by atoms with E-state index in [9.17, 15) is 4.79 Å². The first kappa shape index (κ1) is 14.8. The van der Waals surface area contributed by atoms with Crippen LogP contribution in [-0.2, 0) is 0 Å². The lowest BCUT2D eigenvalue weighted by molar-refractivity contribution is 0.103. The van der Waals surface area contributed by atoms with Gasteiger partial charge in [0.1, 0.15) is 5.75 Å². The van der Waals surface area contributed by atoms with Crippen LogP contribution in [-0.4, -0.2) is 16.9 Å². The minimum atomic E-state index is -0.276. The van der Waals surface area contributed by atoms with Crippen molar-refractivity contribution in [2.75, 3.05) is 0 Å². The van der Waals surface area contributed by atoms with Crippen molar-refractivity contribution in [2.24, 2.45) is 0 Å². The van der Waals surface area contributed by atoms with Crippen LogP contribution in [0.5, 0.6) is 5.75 Å². The number of benzene rings is 1. The van der Waals surface area contributed by atoms with Crippen LogP contribution in [0.4, 0.5) is 0 Å². The Labute approximate surface area is 127 Å². The van der Waals surface area contributed by atoms with Gasteiger partial charge in [-0.3, -0.25) is 9.78 Å². The second-order valence-electron chi connectivity index (χ2n) is 4.50. The van der Waals surface area contributed by atoms with E-state index in [-0.39, 0.29) is 17.5 Å². The predicted octanol–water partition coefficient (Wildman–Crippen LogP) is 4.41. The molecule has 1 aromatic carbocycles. The number of rotatable bonds is 4. The quantitative estimate of drug-likeness (QED) is 0.785. The normalized spacial score (nSPS) is 10.7. The van der Waals surface area contributed by atoms with Gasteiger partial charge in [0.05, 0.1) is 27.9 Å². The van der Waals surface area contributed by atoms with Gasteiger partial charge in [0.25, 0.3) is 0 Å². The van der Waals surface area contributed by atoms with Gasteiger partial charge in [-0.1, -0.05) is 29.3 Å².